The van der Waals surface area contributed by atoms with E-state index in [1.807, 2.05) is 6.07 Å². The summed E-state index contributed by atoms with van der Waals surface area (Å²) < 4.78 is 11.4. The summed E-state index contributed by atoms with van der Waals surface area (Å²) in [6.07, 6.45) is -6.10. The predicted molar refractivity (Wildman–Crippen MR) is 103 cm³/mol. The molecule has 3 rings (SSSR count). The third-order valence-corrected chi connectivity index (χ3v) is 4.90. The van der Waals surface area contributed by atoms with Gasteiger partial charge in [0, 0.05) is 12.6 Å². The van der Waals surface area contributed by atoms with Gasteiger partial charge in [-0.1, -0.05) is 24.3 Å². The van der Waals surface area contributed by atoms with Crippen molar-refractivity contribution >= 4 is 5.91 Å². The van der Waals surface area contributed by atoms with Crippen LogP contribution >= 0.6 is 0 Å². The monoisotopic (exact) mass is 403 g/mol. The normalized spacial score (nSPS) is 26.7. The predicted octanol–water partition coefficient (Wildman–Crippen LogP) is 0.140. The maximum atomic E-state index is 11.7. The van der Waals surface area contributed by atoms with Crippen molar-refractivity contribution in [2.45, 2.75) is 37.1 Å². The Morgan fingerprint density at radius 1 is 1.07 bits per heavy atom. The Morgan fingerprint density at radius 2 is 1.83 bits per heavy atom. The van der Waals surface area contributed by atoms with Crippen LogP contribution in [0.1, 0.15) is 27.6 Å². The van der Waals surface area contributed by atoms with E-state index in [-0.39, 0.29) is 12.5 Å². The Balaban J connectivity index is 1.72. The van der Waals surface area contributed by atoms with Gasteiger partial charge in [-0.3, -0.25) is 4.79 Å². The maximum Gasteiger partial charge on any atom is 0.251 e. The molecule has 0 spiro atoms. The first-order valence-corrected chi connectivity index (χ1v) is 9.29. The van der Waals surface area contributed by atoms with Crippen molar-refractivity contribution in [3.05, 3.63) is 65.2 Å². The number of aliphatic hydroxyl groups is 4. The maximum absolute atomic E-state index is 11.7. The number of nitrogens with one attached hydrogen (secondary N) is 1. The van der Waals surface area contributed by atoms with Crippen LogP contribution in [0.25, 0.3) is 0 Å². The van der Waals surface area contributed by atoms with Crippen LogP contribution in [0.5, 0.6) is 5.75 Å². The average Bonchev–Trinajstić information content (AvgIpc) is 2.76. The smallest absolute Gasteiger partial charge is 0.251 e. The van der Waals surface area contributed by atoms with E-state index in [1.165, 1.54) is 0 Å². The number of carbonyl (C=O) groups is 1. The number of hydrogen-bond donors (Lipinski definition) is 5. The minimum Gasteiger partial charge on any atom is -0.489 e. The molecular formula is C21H25NO7. The number of amides is 1. The summed E-state index contributed by atoms with van der Waals surface area (Å²) in [4.78, 5) is 11.7. The van der Waals surface area contributed by atoms with Crippen molar-refractivity contribution in [1.29, 1.82) is 0 Å². The molecule has 29 heavy (non-hydrogen) atoms. The molecule has 0 aromatic heterocycles. The molecule has 1 fully saturated rings. The van der Waals surface area contributed by atoms with Crippen LogP contribution in [0, 0.1) is 0 Å². The van der Waals surface area contributed by atoms with Gasteiger partial charge >= 0.3 is 0 Å². The van der Waals surface area contributed by atoms with Crippen LogP contribution in [0.4, 0.5) is 0 Å². The van der Waals surface area contributed by atoms with Gasteiger partial charge in [-0.05, 0) is 35.4 Å². The molecule has 0 aliphatic carbocycles. The molecule has 2 aromatic rings. The fraction of sp³-hybridized carbons (Fsp3) is 0.381. The zero-order chi connectivity index (χ0) is 21.0. The van der Waals surface area contributed by atoms with Gasteiger partial charge in [0.1, 0.15) is 42.9 Å². The van der Waals surface area contributed by atoms with Crippen molar-refractivity contribution in [3.63, 3.8) is 0 Å². The first kappa shape index (κ1) is 21.2. The minimum absolute atomic E-state index is 0.184. The van der Waals surface area contributed by atoms with E-state index < -0.39 is 37.1 Å². The Labute approximate surface area is 168 Å². The summed E-state index contributed by atoms with van der Waals surface area (Å²) >= 11 is 0. The molecule has 1 heterocycles. The minimum atomic E-state index is -1.44. The first-order valence-electron chi connectivity index (χ1n) is 9.29. The molecule has 0 unspecified atom stereocenters. The SMILES string of the molecule is CNC(=O)c1cccc(COc2cccc([C@H]3O[C@H](CO)[C@@H](O)[C@H](O)[C@H]3O)c2)c1. The number of benzene rings is 2. The van der Waals surface area contributed by atoms with Gasteiger partial charge in [-0.25, -0.2) is 0 Å². The second-order valence-corrected chi connectivity index (χ2v) is 6.89. The lowest BCUT2D eigenvalue weighted by atomic mass is 9.91. The van der Waals surface area contributed by atoms with Gasteiger partial charge in [0.05, 0.1) is 6.61 Å². The zero-order valence-electron chi connectivity index (χ0n) is 15.9. The Kier molecular flexibility index (Phi) is 6.83. The molecule has 0 saturated carbocycles. The molecule has 2 aromatic carbocycles. The highest BCUT2D eigenvalue weighted by Gasteiger charge is 2.43. The molecular weight excluding hydrogens is 378 g/mol. The third kappa shape index (κ3) is 4.75. The van der Waals surface area contributed by atoms with Crippen LogP contribution in [-0.2, 0) is 11.3 Å². The largest absolute Gasteiger partial charge is 0.489 e. The summed E-state index contributed by atoms with van der Waals surface area (Å²) in [6, 6.07) is 13.9. The quantitative estimate of drug-likeness (QED) is 0.464. The van der Waals surface area contributed by atoms with Crippen molar-refractivity contribution in [2.75, 3.05) is 13.7 Å². The average molecular weight is 403 g/mol. The number of hydrogen-bond acceptors (Lipinski definition) is 7. The number of rotatable bonds is 6. The lowest BCUT2D eigenvalue weighted by molar-refractivity contribution is -0.231. The summed E-state index contributed by atoms with van der Waals surface area (Å²) in [5.74, 6) is 0.321. The topological polar surface area (TPSA) is 128 Å². The number of aliphatic hydroxyl groups excluding tert-OH is 4. The number of carbonyl (C=O) groups excluding carboxylic acids is 1. The molecule has 1 aliphatic heterocycles. The van der Waals surface area contributed by atoms with E-state index in [2.05, 4.69) is 5.32 Å². The fourth-order valence-electron chi connectivity index (χ4n) is 3.27. The van der Waals surface area contributed by atoms with Gasteiger partial charge in [0.2, 0.25) is 0 Å². The van der Waals surface area contributed by atoms with E-state index in [9.17, 15) is 25.2 Å². The molecule has 156 valence electrons. The van der Waals surface area contributed by atoms with Gasteiger partial charge in [-0.15, -0.1) is 0 Å². The summed E-state index contributed by atoms with van der Waals surface area (Å²) in [6.45, 7) is -0.262. The van der Waals surface area contributed by atoms with E-state index >= 15 is 0 Å². The van der Waals surface area contributed by atoms with Gasteiger partial charge in [0.15, 0.2) is 0 Å². The van der Waals surface area contributed by atoms with Crippen LogP contribution in [0.2, 0.25) is 0 Å². The molecule has 5 N–H and O–H groups in total. The van der Waals surface area contributed by atoms with Crippen molar-refractivity contribution in [2.24, 2.45) is 0 Å². The number of ether oxygens (including phenoxy) is 2. The highest BCUT2D eigenvalue weighted by Crippen LogP contribution is 2.33. The molecule has 0 radical (unpaired) electrons. The highest BCUT2D eigenvalue weighted by molar-refractivity contribution is 5.94. The van der Waals surface area contributed by atoms with Crippen LogP contribution < -0.4 is 10.1 Å². The lowest BCUT2D eigenvalue weighted by Crippen LogP contribution is -2.55. The summed E-state index contributed by atoms with van der Waals surface area (Å²) in [5, 5.41) is 42.1. The second-order valence-electron chi connectivity index (χ2n) is 6.89. The highest BCUT2D eigenvalue weighted by atomic mass is 16.5. The van der Waals surface area contributed by atoms with Crippen molar-refractivity contribution in [3.8, 4) is 5.75 Å². The van der Waals surface area contributed by atoms with Gasteiger partial charge in [-0.2, -0.15) is 0 Å². The van der Waals surface area contributed by atoms with E-state index in [0.717, 1.165) is 5.56 Å². The summed E-state index contributed by atoms with van der Waals surface area (Å²) in [7, 11) is 1.57. The first-order chi connectivity index (χ1) is 13.9. The van der Waals surface area contributed by atoms with E-state index in [4.69, 9.17) is 9.47 Å². The Bertz CT molecular complexity index is 841. The zero-order valence-corrected chi connectivity index (χ0v) is 15.9. The van der Waals surface area contributed by atoms with E-state index in [0.29, 0.717) is 16.9 Å². The standard InChI is InChI=1S/C21H25NO7/c1-22-21(27)14-6-2-4-12(8-14)11-28-15-7-3-5-13(9-15)20-19(26)18(25)17(24)16(10-23)29-20/h2-9,16-20,23-26H,10-11H2,1H3,(H,22,27)/t16-,17-,18+,19-,20-/m1/s1. The van der Waals surface area contributed by atoms with Crippen LogP contribution in [0.3, 0.4) is 0 Å². The van der Waals surface area contributed by atoms with Crippen LogP contribution in [-0.4, -0.2) is 64.4 Å². The molecule has 1 saturated heterocycles. The molecule has 8 nitrogen and oxygen atoms in total. The van der Waals surface area contributed by atoms with Gasteiger partial charge in [0.25, 0.3) is 5.91 Å². The third-order valence-electron chi connectivity index (χ3n) is 4.90. The summed E-state index contributed by atoms with van der Waals surface area (Å²) in [5.41, 5.74) is 1.88. The Morgan fingerprint density at radius 3 is 2.55 bits per heavy atom. The molecule has 1 amide bonds. The second kappa shape index (κ2) is 9.34. The van der Waals surface area contributed by atoms with Crippen molar-refractivity contribution in [1.82, 2.24) is 5.32 Å². The molecule has 8 heteroatoms. The van der Waals surface area contributed by atoms with Gasteiger partial charge < -0.3 is 35.2 Å². The molecule has 0 bridgehead atoms. The lowest BCUT2D eigenvalue weighted by Gasteiger charge is -2.40. The van der Waals surface area contributed by atoms with Crippen LogP contribution in [0.15, 0.2) is 48.5 Å². The molecule has 1 aliphatic rings. The van der Waals surface area contributed by atoms with Crippen molar-refractivity contribution < 1.29 is 34.7 Å². The molecule has 5 atom stereocenters. The Hall–Kier alpha value is -2.49. The van der Waals surface area contributed by atoms with E-state index in [1.54, 1.807) is 49.5 Å². The fourth-order valence-corrected chi connectivity index (χ4v) is 3.27.